The van der Waals surface area contributed by atoms with E-state index >= 15 is 0 Å². The van der Waals surface area contributed by atoms with Crippen molar-refractivity contribution in [3.63, 3.8) is 0 Å². The van der Waals surface area contributed by atoms with E-state index in [-0.39, 0.29) is 0 Å². The van der Waals surface area contributed by atoms with Gasteiger partial charge in [0, 0.05) is 24.8 Å². The summed E-state index contributed by atoms with van der Waals surface area (Å²) in [5.74, 6) is 2.37. The topological polar surface area (TPSA) is 50.3 Å². The van der Waals surface area contributed by atoms with Gasteiger partial charge in [-0.15, -0.1) is 0 Å². The molecule has 0 saturated heterocycles. The van der Waals surface area contributed by atoms with E-state index in [1.54, 1.807) is 0 Å². The second kappa shape index (κ2) is 7.66. The lowest BCUT2D eigenvalue weighted by molar-refractivity contribution is 0.342. The van der Waals surface area contributed by atoms with Gasteiger partial charge in [-0.25, -0.2) is 4.98 Å². The summed E-state index contributed by atoms with van der Waals surface area (Å²) >= 11 is 0. The fourth-order valence-electron chi connectivity index (χ4n) is 3.41. The smallest absolute Gasteiger partial charge is 0.227 e. The molecule has 3 aromatic rings. The van der Waals surface area contributed by atoms with E-state index in [2.05, 4.69) is 39.5 Å². The molecule has 5 nitrogen and oxygen atoms in total. The molecule has 0 fully saturated rings. The van der Waals surface area contributed by atoms with Crippen LogP contribution in [0.2, 0.25) is 0 Å². The predicted molar refractivity (Wildman–Crippen MR) is 109 cm³/mol. The van der Waals surface area contributed by atoms with Crippen molar-refractivity contribution < 1.29 is 4.74 Å². The lowest BCUT2D eigenvalue weighted by atomic mass is 10.0. The SMILES string of the molecule is CCOc1ccccc1Nc1cc(C)nc(N2CCc3ccccc3C2)n1. The van der Waals surface area contributed by atoms with Crippen molar-refractivity contribution in [1.29, 1.82) is 0 Å². The van der Waals surface area contributed by atoms with E-state index in [0.717, 1.165) is 48.4 Å². The summed E-state index contributed by atoms with van der Waals surface area (Å²) in [4.78, 5) is 11.7. The third-order valence-electron chi connectivity index (χ3n) is 4.71. The number of hydrogen-bond donors (Lipinski definition) is 1. The van der Waals surface area contributed by atoms with Crippen molar-refractivity contribution in [3.05, 3.63) is 71.4 Å². The van der Waals surface area contributed by atoms with Gasteiger partial charge in [0.2, 0.25) is 5.95 Å². The Bertz CT molecular complexity index is 941. The highest BCUT2D eigenvalue weighted by Crippen LogP contribution is 2.28. The molecule has 27 heavy (non-hydrogen) atoms. The lowest BCUT2D eigenvalue weighted by Crippen LogP contribution is -2.32. The molecule has 0 spiro atoms. The number of aryl methyl sites for hydroxylation is 1. The maximum atomic E-state index is 5.71. The third-order valence-corrected chi connectivity index (χ3v) is 4.71. The van der Waals surface area contributed by atoms with E-state index in [4.69, 9.17) is 9.72 Å². The Morgan fingerprint density at radius 3 is 2.67 bits per heavy atom. The van der Waals surface area contributed by atoms with Crippen LogP contribution in [-0.4, -0.2) is 23.1 Å². The first-order valence-electron chi connectivity index (χ1n) is 9.39. The lowest BCUT2D eigenvalue weighted by Gasteiger charge is -2.29. The van der Waals surface area contributed by atoms with Gasteiger partial charge >= 0.3 is 0 Å². The average Bonchev–Trinajstić information content (AvgIpc) is 2.69. The van der Waals surface area contributed by atoms with Gasteiger partial charge in [-0.05, 0) is 43.5 Å². The molecule has 0 aliphatic carbocycles. The molecule has 0 unspecified atom stereocenters. The minimum absolute atomic E-state index is 0.625. The summed E-state index contributed by atoms with van der Waals surface area (Å²) in [7, 11) is 0. The first kappa shape index (κ1) is 17.3. The summed E-state index contributed by atoms with van der Waals surface area (Å²) < 4.78 is 5.71. The summed E-state index contributed by atoms with van der Waals surface area (Å²) in [5.41, 5.74) is 4.62. The number of anilines is 3. The zero-order valence-corrected chi connectivity index (χ0v) is 15.8. The minimum atomic E-state index is 0.625. The molecule has 4 rings (SSSR count). The molecule has 1 aliphatic heterocycles. The number of benzene rings is 2. The van der Waals surface area contributed by atoms with Gasteiger partial charge in [0.25, 0.3) is 0 Å². The highest BCUT2D eigenvalue weighted by atomic mass is 16.5. The zero-order valence-electron chi connectivity index (χ0n) is 15.8. The normalized spacial score (nSPS) is 13.2. The zero-order chi connectivity index (χ0) is 18.6. The molecule has 138 valence electrons. The third kappa shape index (κ3) is 3.87. The van der Waals surface area contributed by atoms with Crippen LogP contribution in [0.25, 0.3) is 0 Å². The van der Waals surface area contributed by atoms with Crippen molar-refractivity contribution in [3.8, 4) is 5.75 Å². The van der Waals surface area contributed by atoms with Crippen LogP contribution in [0.4, 0.5) is 17.5 Å². The Kier molecular flexibility index (Phi) is 4.92. The minimum Gasteiger partial charge on any atom is -0.492 e. The van der Waals surface area contributed by atoms with E-state index in [0.29, 0.717) is 6.61 Å². The van der Waals surface area contributed by atoms with Gasteiger partial charge in [-0.2, -0.15) is 4.98 Å². The second-order valence-corrected chi connectivity index (χ2v) is 6.69. The van der Waals surface area contributed by atoms with E-state index in [9.17, 15) is 0 Å². The maximum Gasteiger partial charge on any atom is 0.227 e. The number of rotatable bonds is 5. The van der Waals surface area contributed by atoms with Crippen molar-refractivity contribution in [2.45, 2.75) is 26.8 Å². The summed E-state index contributed by atoms with van der Waals surface area (Å²) in [6, 6.07) is 18.5. The average molecular weight is 360 g/mol. The van der Waals surface area contributed by atoms with Gasteiger partial charge in [-0.3, -0.25) is 0 Å². The van der Waals surface area contributed by atoms with Crippen LogP contribution < -0.4 is 15.0 Å². The highest BCUT2D eigenvalue weighted by Gasteiger charge is 2.19. The predicted octanol–water partition coefficient (Wildman–Crippen LogP) is 4.49. The Balaban J connectivity index is 1.59. The van der Waals surface area contributed by atoms with Gasteiger partial charge in [0.15, 0.2) is 0 Å². The number of nitrogens with one attached hydrogen (secondary N) is 1. The fraction of sp³-hybridized carbons (Fsp3) is 0.273. The van der Waals surface area contributed by atoms with Crippen LogP contribution >= 0.6 is 0 Å². The maximum absolute atomic E-state index is 5.71. The van der Waals surface area contributed by atoms with Crippen molar-refractivity contribution in [2.24, 2.45) is 0 Å². The summed E-state index contributed by atoms with van der Waals surface area (Å²) in [5, 5.41) is 3.39. The fourth-order valence-corrected chi connectivity index (χ4v) is 3.41. The van der Waals surface area contributed by atoms with E-state index < -0.39 is 0 Å². The Morgan fingerprint density at radius 2 is 1.81 bits per heavy atom. The highest BCUT2D eigenvalue weighted by molar-refractivity contribution is 5.65. The van der Waals surface area contributed by atoms with E-state index in [1.807, 2.05) is 44.2 Å². The number of nitrogens with zero attached hydrogens (tertiary/aromatic N) is 3. The molecule has 0 bridgehead atoms. The van der Waals surface area contributed by atoms with Crippen LogP contribution in [0.5, 0.6) is 5.75 Å². The molecule has 1 N–H and O–H groups in total. The molecule has 1 aliphatic rings. The molecule has 0 atom stereocenters. The van der Waals surface area contributed by atoms with Gasteiger partial charge in [0.1, 0.15) is 11.6 Å². The second-order valence-electron chi connectivity index (χ2n) is 6.69. The molecule has 5 heteroatoms. The standard InChI is InChI=1S/C22H24N4O/c1-3-27-20-11-7-6-10-19(20)24-21-14-16(2)23-22(25-21)26-13-12-17-8-4-5-9-18(17)15-26/h4-11,14H,3,12-13,15H2,1-2H3,(H,23,24,25). The van der Waals surface area contributed by atoms with Crippen LogP contribution in [0.15, 0.2) is 54.6 Å². The molecular weight excluding hydrogens is 336 g/mol. The van der Waals surface area contributed by atoms with E-state index in [1.165, 1.54) is 11.1 Å². The quantitative estimate of drug-likeness (QED) is 0.726. The van der Waals surface area contributed by atoms with Crippen LogP contribution in [0.1, 0.15) is 23.7 Å². The van der Waals surface area contributed by atoms with Gasteiger partial charge in [0.05, 0.1) is 12.3 Å². The Morgan fingerprint density at radius 1 is 1.04 bits per heavy atom. The van der Waals surface area contributed by atoms with Crippen molar-refractivity contribution in [2.75, 3.05) is 23.4 Å². The van der Waals surface area contributed by atoms with Crippen LogP contribution in [0, 0.1) is 6.92 Å². The molecule has 2 aromatic carbocycles. The molecule has 1 aromatic heterocycles. The van der Waals surface area contributed by atoms with Crippen molar-refractivity contribution >= 4 is 17.5 Å². The summed E-state index contributed by atoms with van der Waals surface area (Å²) in [6.07, 6.45) is 1.02. The Hall–Kier alpha value is -3.08. The van der Waals surface area contributed by atoms with Crippen molar-refractivity contribution in [1.82, 2.24) is 9.97 Å². The molecule has 0 amide bonds. The Labute approximate surface area is 160 Å². The molecular formula is C22H24N4O. The van der Waals surface area contributed by atoms with Gasteiger partial charge < -0.3 is 15.0 Å². The van der Waals surface area contributed by atoms with Gasteiger partial charge in [-0.1, -0.05) is 36.4 Å². The molecule has 0 radical (unpaired) electrons. The number of aromatic nitrogens is 2. The van der Waals surface area contributed by atoms with Crippen LogP contribution in [-0.2, 0) is 13.0 Å². The number of para-hydroxylation sites is 2. The number of fused-ring (bicyclic) bond motifs is 1. The monoisotopic (exact) mass is 360 g/mol. The number of hydrogen-bond acceptors (Lipinski definition) is 5. The first-order chi connectivity index (χ1) is 13.2. The largest absolute Gasteiger partial charge is 0.492 e. The molecule has 0 saturated carbocycles. The number of ether oxygens (including phenoxy) is 1. The first-order valence-corrected chi connectivity index (χ1v) is 9.39. The summed E-state index contributed by atoms with van der Waals surface area (Å²) in [6.45, 7) is 6.38. The molecule has 2 heterocycles. The van der Waals surface area contributed by atoms with Crippen LogP contribution in [0.3, 0.4) is 0 Å².